The summed E-state index contributed by atoms with van der Waals surface area (Å²) in [5.41, 5.74) is 3.23. The monoisotopic (exact) mass is 285 g/mol. The van der Waals surface area contributed by atoms with Crippen molar-refractivity contribution in [1.29, 1.82) is 0 Å². The average molecular weight is 285 g/mol. The molecule has 0 fully saturated rings. The van der Waals surface area contributed by atoms with Gasteiger partial charge < -0.3 is 10.6 Å². The summed E-state index contributed by atoms with van der Waals surface area (Å²) in [5, 5.41) is 6.52. The van der Waals surface area contributed by atoms with Gasteiger partial charge in [0.15, 0.2) is 0 Å². The van der Waals surface area contributed by atoms with Crippen molar-refractivity contribution in [2.24, 2.45) is 0 Å². The summed E-state index contributed by atoms with van der Waals surface area (Å²) in [6.45, 7) is 8.93. The second-order valence-corrected chi connectivity index (χ2v) is 5.43. The maximum atomic E-state index is 4.64. The van der Waals surface area contributed by atoms with Gasteiger partial charge in [-0.05, 0) is 25.5 Å². The van der Waals surface area contributed by atoms with Crippen LogP contribution in [-0.4, -0.2) is 22.0 Å². The average Bonchev–Trinajstić information content (AvgIpc) is 2.47. The fourth-order valence-electron chi connectivity index (χ4n) is 2.08. The minimum Gasteiger partial charge on any atom is -0.373 e. The number of aromatic nitrogens is 3. The Balaban J connectivity index is 2.27. The van der Waals surface area contributed by atoms with Crippen LogP contribution in [0.4, 0.5) is 11.6 Å². The Morgan fingerprint density at radius 3 is 2.48 bits per heavy atom. The van der Waals surface area contributed by atoms with Crippen LogP contribution in [0, 0.1) is 13.8 Å². The summed E-state index contributed by atoms with van der Waals surface area (Å²) in [6, 6.07) is 4.01. The first-order valence-electron chi connectivity index (χ1n) is 7.23. The van der Waals surface area contributed by atoms with Crippen molar-refractivity contribution in [3.8, 4) is 0 Å². The van der Waals surface area contributed by atoms with Crippen LogP contribution in [0.15, 0.2) is 18.3 Å². The van der Waals surface area contributed by atoms with Gasteiger partial charge in [0.1, 0.15) is 17.5 Å². The first-order chi connectivity index (χ1) is 10.0. The van der Waals surface area contributed by atoms with Gasteiger partial charge in [-0.1, -0.05) is 19.9 Å². The molecule has 0 bridgehead atoms. The van der Waals surface area contributed by atoms with Crippen LogP contribution in [0.25, 0.3) is 0 Å². The molecule has 0 saturated carbocycles. The van der Waals surface area contributed by atoms with Crippen molar-refractivity contribution in [2.75, 3.05) is 17.7 Å². The summed E-state index contributed by atoms with van der Waals surface area (Å²) in [4.78, 5) is 13.6. The van der Waals surface area contributed by atoms with E-state index < -0.39 is 0 Å². The van der Waals surface area contributed by atoms with E-state index in [1.165, 1.54) is 5.56 Å². The molecule has 0 radical (unpaired) electrons. The lowest BCUT2D eigenvalue weighted by Gasteiger charge is -2.15. The van der Waals surface area contributed by atoms with Crippen LogP contribution < -0.4 is 10.6 Å². The van der Waals surface area contributed by atoms with E-state index >= 15 is 0 Å². The van der Waals surface area contributed by atoms with E-state index in [1.807, 2.05) is 26.2 Å². The molecule has 0 spiro atoms. The fourth-order valence-corrected chi connectivity index (χ4v) is 2.08. The maximum Gasteiger partial charge on any atom is 0.135 e. The minimum atomic E-state index is 0.287. The zero-order valence-electron chi connectivity index (χ0n) is 13.4. The van der Waals surface area contributed by atoms with Crippen LogP contribution in [-0.2, 0) is 6.54 Å². The van der Waals surface area contributed by atoms with Crippen molar-refractivity contribution in [1.82, 2.24) is 15.0 Å². The molecule has 21 heavy (non-hydrogen) atoms. The standard InChI is InChI=1S/C16H23N5/c1-10(2)14-20-15(17-5)12(4)16(21-14)19-9-13-11(3)7-6-8-18-13/h6-8,10H,9H2,1-5H3,(H2,17,19,20,21). The van der Waals surface area contributed by atoms with E-state index in [4.69, 9.17) is 0 Å². The second-order valence-electron chi connectivity index (χ2n) is 5.43. The Morgan fingerprint density at radius 2 is 1.86 bits per heavy atom. The smallest absolute Gasteiger partial charge is 0.135 e. The van der Waals surface area contributed by atoms with Gasteiger partial charge in [0.05, 0.1) is 12.2 Å². The van der Waals surface area contributed by atoms with E-state index in [1.54, 1.807) is 0 Å². The Hall–Kier alpha value is -2.17. The van der Waals surface area contributed by atoms with Crippen molar-refractivity contribution >= 4 is 11.6 Å². The summed E-state index contributed by atoms with van der Waals surface area (Å²) in [6.07, 6.45) is 1.81. The Labute approximate surface area is 126 Å². The molecule has 2 aromatic rings. The van der Waals surface area contributed by atoms with Crippen LogP contribution in [0.2, 0.25) is 0 Å². The van der Waals surface area contributed by atoms with Gasteiger partial charge >= 0.3 is 0 Å². The number of nitrogens with one attached hydrogen (secondary N) is 2. The molecule has 0 aliphatic carbocycles. The molecule has 2 heterocycles. The Bertz CT molecular complexity index is 622. The predicted molar refractivity (Wildman–Crippen MR) is 86.7 cm³/mol. The summed E-state index contributed by atoms with van der Waals surface area (Å²) < 4.78 is 0. The maximum absolute atomic E-state index is 4.64. The van der Waals surface area contributed by atoms with Crippen LogP contribution in [0.1, 0.15) is 42.4 Å². The number of rotatable bonds is 5. The molecule has 2 rings (SSSR count). The van der Waals surface area contributed by atoms with Crippen molar-refractivity contribution < 1.29 is 0 Å². The summed E-state index contributed by atoms with van der Waals surface area (Å²) >= 11 is 0. The Kier molecular flexibility index (Phi) is 4.73. The number of hydrogen-bond donors (Lipinski definition) is 2. The van der Waals surface area contributed by atoms with Gasteiger partial charge in [0.25, 0.3) is 0 Å². The summed E-state index contributed by atoms with van der Waals surface area (Å²) in [7, 11) is 1.88. The highest BCUT2D eigenvalue weighted by Gasteiger charge is 2.12. The van der Waals surface area contributed by atoms with Crippen LogP contribution in [0.5, 0.6) is 0 Å². The predicted octanol–water partition coefficient (Wildman–Crippen LogP) is 3.27. The van der Waals surface area contributed by atoms with Crippen molar-refractivity contribution in [3.05, 3.63) is 41.0 Å². The largest absolute Gasteiger partial charge is 0.373 e. The Morgan fingerprint density at radius 1 is 1.14 bits per heavy atom. The molecule has 0 unspecified atom stereocenters. The highest BCUT2D eigenvalue weighted by molar-refractivity contribution is 5.57. The lowest BCUT2D eigenvalue weighted by molar-refractivity contribution is 0.772. The van der Waals surface area contributed by atoms with Gasteiger partial charge in [0.2, 0.25) is 0 Å². The summed E-state index contributed by atoms with van der Waals surface area (Å²) in [5.74, 6) is 2.86. The number of nitrogens with zero attached hydrogens (tertiary/aromatic N) is 3. The van der Waals surface area contributed by atoms with Gasteiger partial charge in [-0.3, -0.25) is 4.98 Å². The van der Waals surface area contributed by atoms with Gasteiger partial charge in [-0.2, -0.15) is 0 Å². The number of anilines is 2. The third kappa shape index (κ3) is 3.48. The fraction of sp³-hybridized carbons (Fsp3) is 0.438. The topological polar surface area (TPSA) is 62.7 Å². The highest BCUT2D eigenvalue weighted by atomic mass is 15.1. The van der Waals surface area contributed by atoms with E-state index in [2.05, 4.69) is 52.4 Å². The molecular formula is C16H23N5. The molecule has 5 nitrogen and oxygen atoms in total. The molecule has 5 heteroatoms. The van der Waals surface area contributed by atoms with E-state index in [9.17, 15) is 0 Å². The lowest BCUT2D eigenvalue weighted by Crippen LogP contribution is -2.11. The molecule has 0 aliphatic rings. The SMILES string of the molecule is CNc1nc(C(C)C)nc(NCc2ncccc2C)c1C. The normalized spacial score (nSPS) is 10.8. The third-order valence-electron chi connectivity index (χ3n) is 3.46. The zero-order chi connectivity index (χ0) is 15.4. The number of pyridine rings is 1. The molecule has 0 aliphatic heterocycles. The van der Waals surface area contributed by atoms with E-state index in [-0.39, 0.29) is 5.92 Å². The quantitative estimate of drug-likeness (QED) is 0.883. The molecule has 112 valence electrons. The van der Waals surface area contributed by atoms with E-state index in [0.717, 1.165) is 28.7 Å². The first-order valence-corrected chi connectivity index (χ1v) is 7.23. The molecule has 0 aromatic carbocycles. The van der Waals surface area contributed by atoms with Crippen molar-refractivity contribution in [2.45, 2.75) is 40.2 Å². The first kappa shape index (κ1) is 15.2. The molecule has 2 N–H and O–H groups in total. The minimum absolute atomic E-state index is 0.287. The molecular weight excluding hydrogens is 262 g/mol. The molecule has 0 amide bonds. The lowest BCUT2D eigenvalue weighted by atomic mass is 10.2. The highest BCUT2D eigenvalue weighted by Crippen LogP contribution is 2.23. The van der Waals surface area contributed by atoms with E-state index in [0.29, 0.717) is 6.54 Å². The van der Waals surface area contributed by atoms with Crippen LogP contribution >= 0.6 is 0 Å². The zero-order valence-corrected chi connectivity index (χ0v) is 13.4. The number of hydrogen-bond acceptors (Lipinski definition) is 5. The van der Waals surface area contributed by atoms with Gasteiger partial charge in [-0.25, -0.2) is 9.97 Å². The van der Waals surface area contributed by atoms with Gasteiger partial charge in [-0.15, -0.1) is 0 Å². The van der Waals surface area contributed by atoms with Crippen LogP contribution in [0.3, 0.4) is 0 Å². The number of aryl methyl sites for hydroxylation is 1. The second kappa shape index (κ2) is 6.52. The van der Waals surface area contributed by atoms with Crippen molar-refractivity contribution in [3.63, 3.8) is 0 Å². The third-order valence-corrected chi connectivity index (χ3v) is 3.46. The van der Waals surface area contributed by atoms with Gasteiger partial charge in [0, 0.05) is 24.7 Å². The molecule has 0 saturated heterocycles. The molecule has 2 aromatic heterocycles. The molecule has 0 atom stereocenters.